The van der Waals surface area contributed by atoms with Crippen LogP contribution in [0.5, 0.6) is 0 Å². The van der Waals surface area contributed by atoms with Crippen LogP contribution in [0.3, 0.4) is 0 Å². The molecule has 0 fully saturated rings. The van der Waals surface area contributed by atoms with Crippen LogP contribution in [0, 0.1) is 0 Å². The van der Waals surface area contributed by atoms with Gasteiger partial charge in [0, 0.05) is 13.2 Å². The van der Waals surface area contributed by atoms with Crippen LogP contribution >= 0.6 is 0 Å². The number of carbonyl (C=O) groups is 1. The molecule has 3 N–H and O–H groups in total. The van der Waals surface area contributed by atoms with Crippen molar-refractivity contribution in [2.24, 2.45) is 0 Å². The molecule has 0 bridgehead atoms. The Morgan fingerprint density at radius 2 is 1.17 bits per heavy atom. The summed E-state index contributed by atoms with van der Waals surface area (Å²) >= 11 is 0. The van der Waals surface area contributed by atoms with E-state index in [-0.39, 0.29) is 19.7 Å². The molecule has 18 heavy (non-hydrogen) atoms. The molecule has 0 aliphatic carbocycles. The molecule has 0 heterocycles. The van der Waals surface area contributed by atoms with E-state index in [2.05, 4.69) is 0 Å². The highest BCUT2D eigenvalue weighted by atomic mass is 16.5. The van der Waals surface area contributed by atoms with Crippen molar-refractivity contribution in [2.45, 2.75) is 13.8 Å². The van der Waals surface area contributed by atoms with Crippen molar-refractivity contribution >= 4 is 6.47 Å². The van der Waals surface area contributed by atoms with Gasteiger partial charge in [0.2, 0.25) is 0 Å². The van der Waals surface area contributed by atoms with Crippen molar-refractivity contribution in [1.29, 1.82) is 0 Å². The summed E-state index contributed by atoms with van der Waals surface area (Å²) < 4.78 is 14.6. The van der Waals surface area contributed by atoms with E-state index in [1.54, 1.807) is 0 Å². The van der Waals surface area contributed by atoms with Gasteiger partial charge in [0.05, 0.1) is 39.6 Å². The summed E-state index contributed by atoms with van der Waals surface area (Å²) in [6.07, 6.45) is 0. The predicted molar refractivity (Wildman–Crippen MR) is 66.7 cm³/mol. The zero-order valence-corrected chi connectivity index (χ0v) is 11.2. The average molecular weight is 270 g/mol. The Kier molecular flexibility index (Phi) is 37.3. The topological polar surface area (TPSA) is 105 Å². The number of aliphatic hydroxyl groups excluding tert-OH is 2. The molecule has 0 saturated heterocycles. The SMILES string of the molecule is CCOCC.O=CO.OCCOCCOCCO. The van der Waals surface area contributed by atoms with Gasteiger partial charge in [0.25, 0.3) is 6.47 Å². The molecular weight excluding hydrogens is 244 g/mol. The zero-order chi connectivity index (χ0) is 14.5. The van der Waals surface area contributed by atoms with E-state index in [1.807, 2.05) is 13.8 Å². The van der Waals surface area contributed by atoms with E-state index in [4.69, 9.17) is 34.3 Å². The summed E-state index contributed by atoms with van der Waals surface area (Å²) in [7, 11) is 0. The quantitative estimate of drug-likeness (QED) is 0.392. The first-order valence-electron chi connectivity index (χ1n) is 5.77. The smallest absolute Gasteiger partial charge is 0.290 e. The van der Waals surface area contributed by atoms with Crippen molar-refractivity contribution in [2.75, 3.05) is 52.9 Å². The molecule has 0 amide bonds. The van der Waals surface area contributed by atoms with Gasteiger partial charge in [-0.2, -0.15) is 0 Å². The lowest BCUT2D eigenvalue weighted by Crippen LogP contribution is -2.09. The fourth-order valence-corrected chi connectivity index (χ4v) is 0.655. The second-order valence-electron chi connectivity index (χ2n) is 2.56. The van der Waals surface area contributed by atoms with Gasteiger partial charge in [0.1, 0.15) is 0 Å². The van der Waals surface area contributed by atoms with E-state index in [0.29, 0.717) is 26.4 Å². The molecule has 112 valence electrons. The van der Waals surface area contributed by atoms with Crippen LogP contribution in [-0.2, 0) is 19.0 Å². The average Bonchev–Trinajstić information content (AvgIpc) is 2.36. The third-order valence-corrected chi connectivity index (χ3v) is 1.25. The fourth-order valence-electron chi connectivity index (χ4n) is 0.655. The molecule has 0 aromatic carbocycles. The van der Waals surface area contributed by atoms with Gasteiger partial charge >= 0.3 is 0 Å². The largest absolute Gasteiger partial charge is 0.483 e. The molecule has 0 unspecified atom stereocenters. The van der Waals surface area contributed by atoms with Gasteiger partial charge < -0.3 is 29.5 Å². The molecule has 0 rings (SSSR count). The Morgan fingerprint density at radius 1 is 0.833 bits per heavy atom. The first kappa shape index (κ1) is 22.5. The summed E-state index contributed by atoms with van der Waals surface area (Å²) in [5.74, 6) is 0. The van der Waals surface area contributed by atoms with E-state index >= 15 is 0 Å². The van der Waals surface area contributed by atoms with Gasteiger partial charge in [0.15, 0.2) is 0 Å². The lowest BCUT2D eigenvalue weighted by atomic mass is 10.7. The van der Waals surface area contributed by atoms with Crippen LogP contribution in [0.1, 0.15) is 13.8 Å². The number of carboxylic acid groups (broad SMARTS) is 1. The maximum absolute atomic E-state index is 8.36. The van der Waals surface area contributed by atoms with Crippen LogP contribution < -0.4 is 0 Å². The number of hydrogen-bond acceptors (Lipinski definition) is 6. The van der Waals surface area contributed by atoms with Crippen molar-refractivity contribution in [1.82, 2.24) is 0 Å². The van der Waals surface area contributed by atoms with Crippen LogP contribution in [0.15, 0.2) is 0 Å². The monoisotopic (exact) mass is 270 g/mol. The summed E-state index contributed by atoms with van der Waals surface area (Å²) in [6.45, 7) is 7.14. The Hall–Kier alpha value is -0.730. The number of ether oxygens (including phenoxy) is 3. The van der Waals surface area contributed by atoms with Gasteiger partial charge in [-0.05, 0) is 13.8 Å². The standard InChI is InChI=1S/C6H14O4.C4H10O.CH2O2/c7-1-3-9-5-6-10-4-2-8;1-3-5-4-2;2-1-3/h7-8H,1-6H2;3-4H2,1-2H3;1H,(H,2,3). The highest BCUT2D eigenvalue weighted by Crippen LogP contribution is 1.76. The number of rotatable bonds is 9. The minimum atomic E-state index is -0.250. The lowest BCUT2D eigenvalue weighted by molar-refractivity contribution is -0.122. The molecule has 0 aromatic heterocycles. The van der Waals surface area contributed by atoms with E-state index in [9.17, 15) is 0 Å². The van der Waals surface area contributed by atoms with Gasteiger partial charge in [-0.15, -0.1) is 0 Å². The third-order valence-electron chi connectivity index (χ3n) is 1.25. The van der Waals surface area contributed by atoms with Crippen molar-refractivity contribution < 1.29 is 34.3 Å². The predicted octanol–water partition coefficient (Wildman–Crippen LogP) is -0.252. The second kappa shape index (κ2) is 29.9. The molecule has 0 spiro atoms. The van der Waals surface area contributed by atoms with Gasteiger partial charge in [-0.3, -0.25) is 4.79 Å². The molecule has 0 aromatic rings. The molecular formula is C11H26O7. The fraction of sp³-hybridized carbons (Fsp3) is 0.909. The van der Waals surface area contributed by atoms with Crippen LogP contribution in [0.4, 0.5) is 0 Å². The molecule has 0 aliphatic rings. The Morgan fingerprint density at radius 3 is 1.33 bits per heavy atom. The summed E-state index contributed by atoms with van der Waals surface area (Å²) in [4.78, 5) is 8.36. The lowest BCUT2D eigenvalue weighted by Gasteiger charge is -2.01. The van der Waals surface area contributed by atoms with E-state index in [1.165, 1.54) is 0 Å². The summed E-state index contributed by atoms with van der Waals surface area (Å²) in [6, 6.07) is 0. The number of aliphatic hydroxyl groups is 2. The minimum Gasteiger partial charge on any atom is -0.483 e. The Labute approximate surface area is 108 Å². The zero-order valence-electron chi connectivity index (χ0n) is 11.2. The molecule has 0 atom stereocenters. The molecule has 0 saturated carbocycles. The minimum absolute atomic E-state index is 0.0417. The Bertz CT molecular complexity index is 112. The van der Waals surface area contributed by atoms with Gasteiger partial charge in [-0.1, -0.05) is 0 Å². The molecule has 0 aliphatic heterocycles. The first-order valence-corrected chi connectivity index (χ1v) is 5.77. The normalized spacial score (nSPS) is 8.67. The molecule has 0 radical (unpaired) electrons. The maximum atomic E-state index is 8.36. The highest BCUT2D eigenvalue weighted by molar-refractivity contribution is 5.32. The van der Waals surface area contributed by atoms with Crippen molar-refractivity contribution in [3.05, 3.63) is 0 Å². The molecule has 7 nitrogen and oxygen atoms in total. The summed E-state index contributed by atoms with van der Waals surface area (Å²) in [5, 5.41) is 23.4. The highest BCUT2D eigenvalue weighted by Gasteiger charge is 1.86. The first-order chi connectivity index (χ1) is 8.74. The molecule has 7 heteroatoms. The van der Waals surface area contributed by atoms with Crippen LogP contribution in [-0.4, -0.2) is 74.6 Å². The summed E-state index contributed by atoms with van der Waals surface area (Å²) in [5.41, 5.74) is 0. The second-order valence-corrected chi connectivity index (χ2v) is 2.56. The van der Waals surface area contributed by atoms with Crippen molar-refractivity contribution in [3.8, 4) is 0 Å². The Balaban J connectivity index is -0.000000235. The third kappa shape index (κ3) is 45.5. The van der Waals surface area contributed by atoms with E-state index in [0.717, 1.165) is 13.2 Å². The number of hydrogen-bond donors (Lipinski definition) is 3. The maximum Gasteiger partial charge on any atom is 0.290 e. The van der Waals surface area contributed by atoms with Crippen molar-refractivity contribution in [3.63, 3.8) is 0 Å². The van der Waals surface area contributed by atoms with E-state index < -0.39 is 0 Å². The van der Waals surface area contributed by atoms with Gasteiger partial charge in [-0.25, -0.2) is 0 Å². The van der Waals surface area contributed by atoms with Crippen LogP contribution in [0.2, 0.25) is 0 Å². The van der Waals surface area contributed by atoms with Crippen LogP contribution in [0.25, 0.3) is 0 Å².